The van der Waals surface area contributed by atoms with E-state index in [1.807, 2.05) is 0 Å². The maximum Gasteiger partial charge on any atom is 0.284 e. The third-order valence-electron chi connectivity index (χ3n) is 4.60. The molecule has 0 radical (unpaired) electrons. The van der Waals surface area contributed by atoms with E-state index in [1.54, 1.807) is 29.7 Å². The number of nitrogens with two attached hydrogens (primary N) is 1. The molecule has 0 aliphatic heterocycles. The standard InChI is InChI=1S/C18H17N5O2S2/c19-15-14-10-5-2-1-3-7-12(10)27-17(14)21-13(20-15)9-26-18-23-22-16(25-18)11-6-4-8-24-11/h4,6,8H,1-3,5,7,9H2,(H2,19,20,21). The van der Waals surface area contributed by atoms with E-state index in [-0.39, 0.29) is 0 Å². The van der Waals surface area contributed by atoms with Gasteiger partial charge in [0, 0.05) is 4.88 Å². The van der Waals surface area contributed by atoms with Crippen LogP contribution in [0.1, 0.15) is 35.5 Å². The molecule has 4 aromatic rings. The molecular weight excluding hydrogens is 382 g/mol. The molecule has 1 aliphatic carbocycles. The van der Waals surface area contributed by atoms with Gasteiger partial charge in [-0.3, -0.25) is 0 Å². The van der Waals surface area contributed by atoms with Crippen LogP contribution < -0.4 is 5.73 Å². The minimum atomic E-state index is 0.361. The van der Waals surface area contributed by atoms with Crippen molar-refractivity contribution >= 4 is 39.1 Å². The number of aromatic nitrogens is 4. The van der Waals surface area contributed by atoms with E-state index < -0.39 is 0 Å². The van der Waals surface area contributed by atoms with Crippen molar-refractivity contribution in [2.24, 2.45) is 0 Å². The van der Waals surface area contributed by atoms with E-state index in [0.29, 0.717) is 34.3 Å². The van der Waals surface area contributed by atoms with Gasteiger partial charge in [0.05, 0.1) is 17.4 Å². The number of aryl methyl sites for hydroxylation is 2. The van der Waals surface area contributed by atoms with Gasteiger partial charge in [0.2, 0.25) is 0 Å². The molecule has 9 heteroatoms. The summed E-state index contributed by atoms with van der Waals surface area (Å²) in [4.78, 5) is 11.7. The first-order chi connectivity index (χ1) is 13.3. The number of rotatable bonds is 4. The fourth-order valence-corrected chi connectivity index (χ4v) is 5.27. The number of thioether (sulfide) groups is 1. The first kappa shape index (κ1) is 16.8. The SMILES string of the molecule is Nc1nc(CSc2nnc(-c3ccco3)o2)nc2sc3c(c12)CCCCC3. The maximum atomic E-state index is 6.30. The summed E-state index contributed by atoms with van der Waals surface area (Å²) in [6.07, 6.45) is 7.51. The number of nitrogens with zero attached hydrogens (tertiary/aromatic N) is 4. The Morgan fingerprint density at radius 1 is 1.15 bits per heavy atom. The summed E-state index contributed by atoms with van der Waals surface area (Å²) < 4.78 is 10.9. The van der Waals surface area contributed by atoms with Crippen LogP contribution in [0.4, 0.5) is 5.82 Å². The van der Waals surface area contributed by atoms with E-state index in [9.17, 15) is 0 Å². The van der Waals surface area contributed by atoms with Gasteiger partial charge in [-0.05, 0) is 43.4 Å². The van der Waals surface area contributed by atoms with Crippen LogP contribution in [0.5, 0.6) is 0 Å². The topological polar surface area (TPSA) is 104 Å². The normalized spacial score (nSPS) is 14.4. The minimum Gasteiger partial charge on any atom is -0.459 e. The number of nitrogen functional groups attached to an aromatic ring is 1. The highest BCUT2D eigenvalue weighted by Gasteiger charge is 2.19. The number of hydrogen-bond donors (Lipinski definition) is 1. The molecule has 1 aliphatic rings. The van der Waals surface area contributed by atoms with Gasteiger partial charge in [-0.25, -0.2) is 9.97 Å². The molecular formula is C18H17N5O2S2. The van der Waals surface area contributed by atoms with Crippen molar-refractivity contribution in [3.05, 3.63) is 34.7 Å². The molecule has 0 amide bonds. The van der Waals surface area contributed by atoms with Gasteiger partial charge < -0.3 is 14.6 Å². The molecule has 4 aromatic heterocycles. The zero-order valence-corrected chi connectivity index (χ0v) is 16.1. The first-order valence-electron chi connectivity index (χ1n) is 8.85. The number of thiophene rings is 1. The van der Waals surface area contributed by atoms with E-state index in [1.165, 1.54) is 41.5 Å². The Labute approximate surface area is 163 Å². The predicted octanol–water partition coefficient (Wildman–Crippen LogP) is 4.48. The molecule has 0 bridgehead atoms. The Bertz CT molecular complexity index is 1090. The number of hydrogen-bond acceptors (Lipinski definition) is 9. The molecule has 138 valence electrons. The Hall–Kier alpha value is -2.39. The van der Waals surface area contributed by atoms with Crippen molar-refractivity contribution in [1.82, 2.24) is 20.2 Å². The van der Waals surface area contributed by atoms with Crippen LogP contribution in [0.15, 0.2) is 32.5 Å². The van der Waals surface area contributed by atoms with Crippen LogP contribution in [0.2, 0.25) is 0 Å². The summed E-state index contributed by atoms with van der Waals surface area (Å²) in [5.41, 5.74) is 7.66. The lowest BCUT2D eigenvalue weighted by atomic mass is 10.1. The summed E-state index contributed by atoms with van der Waals surface area (Å²) >= 11 is 3.15. The fraction of sp³-hybridized carbons (Fsp3) is 0.333. The van der Waals surface area contributed by atoms with E-state index in [2.05, 4.69) is 15.2 Å². The zero-order chi connectivity index (χ0) is 18.2. The lowest BCUT2D eigenvalue weighted by molar-refractivity contribution is 0.447. The molecule has 4 heterocycles. The molecule has 0 saturated heterocycles. The van der Waals surface area contributed by atoms with Gasteiger partial charge >= 0.3 is 0 Å². The second-order valence-corrected chi connectivity index (χ2v) is 8.42. The quantitative estimate of drug-likeness (QED) is 0.396. The van der Waals surface area contributed by atoms with E-state index >= 15 is 0 Å². The fourth-order valence-electron chi connectivity index (χ4n) is 3.37. The summed E-state index contributed by atoms with van der Waals surface area (Å²) in [7, 11) is 0. The van der Waals surface area contributed by atoms with Gasteiger partial charge in [0.1, 0.15) is 16.5 Å². The number of fused-ring (bicyclic) bond motifs is 3. The Morgan fingerprint density at radius 3 is 2.96 bits per heavy atom. The zero-order valence-electron chi connectivity index (χ0n) is 14.5. The molecule has 0 unspecified atom stereocenters. The summed E-state index contributed by atoms with van der Waals surface area (Å²) in [6, 6.07) is 3.56. The van der Waals surface area contributed by atoms with Crippen LogP contribution in [0, 0.1) is 0 Å². The summed E-state index contributed by atoms with van der Waals surface area (Å²) in [5.74, 6) is 2.69. The Morgan fingerprint density at radius 2 is 2.07 bits per heavy atom. The van der Waals surface area contributed by atoms with Gasteiger partial charge in [-0.2, -0.15) is 0 Å². The molecule has 0 aromatic carbocycles. The highest BCUT2D eigenvalue weighted by molar-refractivity contribution is 7.98. The molecule has 0 saturated carbocycles. The molecule has 27 heavy (non-hydrogen) atoms. The van der Waals surface area contributed by atoms with Crippen molar-refractivity contribution in [3.63, 3.8) is 0 Å². The molecule has 0 spiro atoms. The van der Waals surface area contributed by atoms with Crippen LogP contribution in [0.3, 0.4) is 0 Å². The largest absolute Gasteiger partial charge is 0.459 e. The number of anilines is 1. The molecule has 0 atom stereocenters. The van der Waals surface area contributed by atoms with Gasteiger partial charge in [-0.1, -0.05) is 18.2 Å². The maximum absolute atomic E-state index is 6.30. The first-order valence-corrected chi connectivity index (χ1v) is 10.6. The number of furan rings is 1. The van der Waals surface area contributed by atoms with Gasteiger partial charge in [-0.15, -0.1) is 21.5 Å². The predicted molar refractivity (Wildman–Crippen MR) is 105 cm³/mol. The lowest BCUT2D eigenvalue weighted by Crippen LogP contribution is -2.00. The van der Waals surface area contributed by atoms with Crippen molar-refractivity contribution in [1.29, 1.82) is 0 Å². The van der Waals surface area contributed by atoms with Crippen molar-refractivity contribution in [2.75, 3.05) is 5.73 Å². The smallest absolute Gasteiger partial charge is 0.284 e. The lowest BCUT2D eigenvalue weighted by Gasteiger charge is -2.03. The molecule has 0 fully saturated rings. The highest BCUT2D eigenvalue weighted by Crippen LogP contribution is 2.37. The Balaban J connectivity index is 1.38. The van der Waals surface area contributed by atoms with Crippen LogP contribution in [-0.2, 0) is 18.6 Å². The summed E-state index contributed by atoms with van der Waals surface area (Å²) in [6.45, 7) is 0. The third-order valence-corrected chi connectivity index (χ3v) is 6.60. The average Bonchev–Trinajstić information content (AvgIpc) is 3.37. The van der Waals surface area contributed by atoms with Gasteiger partial charge in [0.15, 0.2) is 5.76 Å². The summed E-state index contributed by atoms with van der Waals surface area (Å²) in [5, 5.41) is 9.54. The third kappa shape index (κ3) is 3.21. The second-order valence-electron chi connectivity index (χ2n) is 6.41. The van der Waals surface area contributed by atoms with Crippen molar-refractivity contribution < 1.29 is 8.83 Å². The van der Waals surface area contributed by atoms with Crippen LogP contribution in [-0.4, -0.2) is 20.2 Å². The second kappa shape index (κ2) is 6.97. The molecule has 5 rings (SSSR count). The van der Waals surface area contributed by atoms with E-state index in [4.69, 9.17) is 19.6 Å². The van der Waals surface area contributed by atoms with Gasteiger partial charge in [0.25, 0.3) is 11.1 Å². The average molecular weight is 400 g/mol. The monoisotopic (exact) mass is 399 g/mol. The molecule has 7 nitrogen and oxygen atoms in total. The van der Waals surface area contributed by atoms with Crippen molar-refractivity contribution in [2.45, 2.75) is 43.1 Å². The Kier molecular flexibility index (Phi) is 4.33. The highest BCUT2D eigenvalue weighted by atomic mass is 32.2. The van der Waals surface area contributed by atoms with Crippen molar-refractivity contribution in [3.8, 4) is 11.7 Å². The minimum absolute atomic E-state index is 0.361. The van der Waals surface area contributed by atoms with Crippen LogP contribution in [0.25, 0.3) is 21.9 Å². The van der Waals surface area contributed by atoms with Crippen LogP contribution >= 0.6 is 23.1 Å². The van der Waals surface area contributed by atoms with E-state index in [0.717, 1.165) is 23.1 Å². The molecule has 2 N–H and O–H groups in total.